The summed E-state index contributed by atoms with van der Waals surface area (Å²) in [4.78, 5) is 2.28. The lowest BCUT2D eigenvalue weighted by Crippen LogP contribution is -2.43. The largest absolute Gasteiger partial charge is 0.390 e. The van der Waals surface area contributed by atoms with Gasteiger partial charge in [0.15, 0.2) is 0 Å². The highest BCUT2D eigenvalue weighted by atomic mass is 16.5. The second-order valence-corrected chi connectivity index (χ2v) is 6.25. The Labute approximate surface area is 131 Å². The van der Waals surface area contributed by atoms with Gasteiger partial charge in [0.05, 0.1) is 19.3 Å². The van der Waals surface area contributed by atoms with Crippen LogP contribution in [0, 0.1) is 0 Å². The maximum Gasteiger partial charge on any atom is 0.0791 e. The lowest BCUT2D eigenvalue weighted by molar-refractivity contribution is 0.0149. The molecule has 0 aromatic rings. The van der Waals surface area contributed by atoms with Gasteiger partial charge >= 0.3 is 0 Å². The molecule has 0 aliphatic carbocycles. The van der Waals surface area contributed by atoms with Gasteiger partial charge in [0.2, 0.25) is 0 Å². The zero-order valence-corrected chi connectivity index (χ0v) is 14.0. The number of hydrogen-bond donors (Lipinski definition) is 2. The number of morpholine rings is 1. The van der Waals surface area contributed by atoms with Crippen LogP contribution in [0.5, 0.6) is 0 Å². The van der Waals surface area contributed by atoms with Crippen LogP contribution in [0.4, 0.5) is 0 Å². The van der Waals surface area contributed by atoms with E-state index in [1.54, 1.807) is 0 Å². The van der Waals surface area contributed by atoms with Crippen LogP contribution < -0.4 is 5.32 Å². The quantitative estimate of drug-likeness (QED) is 0.513. The van der Waals surface area contributed by atoms with Crippen molar-refractivity contribution < 1.29 is 9.84 Å². The number of unbranched alkanes of at least 4 members (excludes halogenated alkanes) is 7. The van der Waals surface area contributed by atoms with Crippen molar-refractivity contribution in [3.63, 3.8) is 0 Å². The molecule has 0 radical (unpaired) electrons. The molecule has 21 heavy (non-hydrogen) atoms. The minimum absolute atomic E-state index is 0.253. The molecule has 0 saturated carbocycles. The fourth-order valence-corrected chi connectivity index (χ4v) is 2.80. The lowest BCUT2D eigenvalue weighted by atomic mass is 10.1. The summed E-state index contributed by atoms with van der Waals surface area (Å²) in [6.45, 7) is 8.30. The van der Waals surface area contributed by atoms with Crippen molar-refractivity contribution in [1.29, 1.82) is 0 Å². The molecule has 0 amide bonds. The van der Waals surface area contributed by atoms with E-state index in [2.05, 4.69) is 17.1 Å². The molecule has 1 aliphatic heterocycles. The molecule has 4 nitrogen and oxygen atoms in total. The van der Waals surface area contributed by atoms with Crippen molar-refractivity contribution in [2.45, 2.75) is 64.4 Å². The summed E-state index contributed by atoms with van der Waals surface area (Å²) in [5.74, 6) is 0. The first-order chi connectivity index (χ1) is 10.3. The van der Waals surface area contributed by atoms with Crippen LogP contribution >= 0.6 is 0 Å². The van der Waals surface area contributed by atoms with Crippen LogP contribution in [0.15, 0.2) is 0 Å². The van der Waals surface area contributed by atoms with Gasteiger partial charge in [-0.1, -0.05) is 51.9 Å². The molecule has 4 heteroatoms. The van der Waals surface area contributed by atoms with Crippen molar-refractivity contribution in [2.24, 2.45) is 0 Å². The second kappa shape index (κ2) is 13.5. The summed E-state index contributed by atoms with van der Waals surface area (Å²) >= 11 is 0. The van der Waals surface area contributed by atoms with Gasteiger partial charge in [-0.05, 0) is 13.0 Å². The van der Waals surface area contributed by atoms with Crippen molar-refractivity contribution in [3.8, 4) is 0 Å². The molecule has 1 saturated heterocycles. The summed E-state index contributed by atoms with van der Waals surface area (Å²) in [5.41, 5.74) is 0. The number of hydrogen-bond acceptors (Lipinski definition) is 4. The topological polar surface area (TPSA) is 44.7 Å². The minimum Gasteiger partial charge on any atom is -0.390 e. The van der Waals surface area contributed by atoms with Gasteiger partial charge in [-0.15, -0.1) is 0 Å². The molecule has 1 rings (SSSR count). The van der Waals surface area contributed by atoms with E-state index in [0.29, 0.717) is 6.54 Å². The van der Waals surface area contributed by atoms with Gasteiger partial charge in [-0.2, -0.15) is 0 Å². The van der Waals surface area contributed by atoms with E-state index in [1.165, 1.54) is 51.4 Å². The number of ether oxygens (including phenoxy) is 1. The van der Waals surface area contributed by atoms with Crippen LogP contribution in [0.1, 0.15) is 58.3 Å². The highest BCUT2D eigenvalue weighted by molar-refractivity contribution is 4.69. The zero-order valence-electron chi connectivity index (χ0n) is 14.0. The van der Waals surface area contributed by atoms with Gasteiger partial charge in [0.1, 0.15) is 0 Å². The van der Waals surface area contributed by atoms with Crippen LogP contribution in [0.3, 0.4) is 0 Å². The number of nitrogens with one attached hydrogen (secondary N) is 1. The number of β-amino-alcohol motifs (C(OH)–C–C–N with tert-alkyl or cyclic N) is 1. The van der Waals surface area contributed by atoms with E-state index in [4.69, 9.17) is 4.74 Å². The zero-order chi connectivity index (χ0) is 15.2. The Morgan fingerprint density at radius 1 is 1.00 bits per heavy atom. The minimum atomic E-state index is -0.253. The lowest BCUT2D eigenvalue weighted by Gasteiger charge is -2.28. The molecule has 1 unspecified atom stereocenters. The molecule has 0 aromatic heterocycles. The van der Waals surface area contributed by atoms with Gasteiger partial charge in [-0.25, -0.2) is 0 Å². The molecule has 126 valence electrons. The summed E-state index contributed by atoms with van der Waals surface area (Å²) in [7, 11) is 0. The molecular weight excluding hydrogens is 264 g/mol. The standard InChI is InChI=1S/C17H36N2O2/c1-2-3-4-5-6-7-8-9-10-18-15-17(20)16-19-11-13-21-14-12-19/h17-18,20H,2-16H2,1H3. The van der Waals surface area contributed by atoms with Gasteiger partial charge < -0.3 is 15.2 Å². The predicted octanol–water partition coefficient (Wildman–Crippen LogP) is 2.41. The Morgan fingerprint density at radius 2 is 1.62 bits per heavy atom. The molecule has 0 bridgehead atoms. The number of aliphatic hydroxyl groups excluding tert-OH is 1. The smallest absolute Gasteiger partial charge is 0.0791 e. The third-order valence-corrected chi connectivity index (χ3v) is 4.16. The normalized spacial score (nSPS) is 18.0. The van der Waals surface area contributed by atoms with E-state index in [0.717, 1.165) is 39.4 Å². The predicted molar refractivity (Wildman–Crippen MR) is 88.7 cm³/mol. The van der Waals surface area contributed by atoms with Gasteiger partial charge in [0.25, 0.3) is 0 Å². The average Bonchev–Trinajstić information content (AvgIpc) is 2.50. The van der Waals surface area contributed by atoms with Crippen molar-refractivity contribution in [1.82, 2.24) is 10.2 Å². The molecule has 2 N–H and O–H groups in total. The van der Waals surface area contributed by atoms with Crippen LogP contribution in [-0.2, 0) is 4.74 Å². The van der Waals surface area contributed by atoms with Crippen molar-refractivity contribution in [2.75, 3.05) is 45.9 Å². The molecule has 1 aliphatic rings. The first kappa shape index (κ1) is 18.9. The Hall–Kier alpha value is -0.160. The van der Waals surface area contributed by atoms with Crippen molar-refractivity contribution >= 4 is 0 Å². The van der Waals surface area contributed by atoms with Gasteiger partial charge in [0, 0.05) is 26.2 Å². The Bertz CT molecular complexity index is 221. The highest BCUT2D eigenvalue weighted by Gasteiger charge is 2.14. The number of rotatable bonds is 13. The van der Waals surface area contributed by atoms with Crippen LogP contribution in [0.2, 0.25) is 0 Å². The van der Waals surface area contributed by atoms with Crippen LogP contribution in [0.25, 0.3) is 0 Å². The van der Waals surface area contributed by atoms with E-state index < -0.39 is 0 Å². The molecule has 0 aromatic carbocycles. The average molecular weight is 300 g/mol. The van der Waals surface area contributed by atoms with Crippen molar-refractivity contribution in [3.05, 3.63) is 0 Å². The molecular formula is C17H36N2O2. The monoisotopic (exact) mass is 300 g/mol. The first-order valence-electron chi connectivity index (χ1n) is 9.01. The fraction of sp³-hybridized carbons (Fsp3) is 1.00. The summed E-state index contributed by atoms with van der Waals surface area (Å²) < 4.78 is 5.31. The third kappa shape index (κ3) is 11.1. The third-order valence-electron chi connectivity index (χ3n) is 4.16. The van der Waals surface area contributed by atoms with Gasteiger partial charge in [-0.3, -0.25) is 4.90 Å². The molecule has 1 fully saturated rings. The Morgan fingerprint density at radius 3 is 2.29 bits per heavy atom. The highest BCUT2D eigenvalue weighted by Crippen LogP contribution is 2.07. The summed E-state index contributed by atoms with van der Waals surface area (Å²) in [5, 5.41) is 13.4. The Kier molecular flexibility index (Phi) is 12.1. The molecule has 1 heterocycles. The fourth-order valence-electron chi connectivity index (χ4n) is 2.80. The SMILES string of the molecule is CCCCCCCCCCNCC(O)CN1CCOCC1. The number of aliphatic hydroxyl groups is 1. The summed E-state index contributed by atoms with van der Waals surface area (Å²) in [6.07, 6.45) is 10.6. The number of nitrogens with zero attached hydrogens (tertiary/aromatic N) is 1. The van der Waals surface area contributed by atoms with E-state index in [9.17, 15) is 5.11 Å². The van der Waals surface area contributed by atoms with E-state index >= 15 is 0 Å². The second-order valence-electron chi connectivity index (χ2n) is 6.25. The molecule has 1 atom stereocenters. The maximum absolute atomic E-state index is 9.98. The van der Waals surface area contributed by atoms with Crippen LogP contribution in [-0.4, -0.2) is 62.0 Å². The first-order valence-corrected chi connectivity index (χ1v) is 9.01. The Balaban J connectivity index is 1.80. The van der Waals surface area contributed by atoms with E-state index in [1.807, 2.05) is 0 Å². The van der Waals surface area contributed by atoms with E-state index in [-0.39, 0.29) is 6.10 Å². The maximum atomic E-state index is 9.98. The molecule has 0 spiro atoms. The summed E-state index contributed by atoms with van der Waals surface area (Å²) in [6, 6.07) is 0.